The van der Waals surface area contributed by atoms with Crippen molar-refractivity contribution in [1.29, 1.82) is 0 Å². The Morgan fingerprint density at radius 2 is 2.16 bits per heavy atom. The number of rotatable bonds is 4. The van der Waals surface area contributed by atoms with E-state index in [1.165, 1.54) is 22.5 Å². The Labute approximate surface area is 151 Å². The summed E-state index contributed by atoms with van der Waals surface area (Å²) in [6.45, 7) is 2.86. The molecule has 2 atom stereocenters. The molecule has 0 radical (unpaired) electrons. The second-order valence-electron chi connectivity index (χ2n) is 6.32. The fraction of sp³-hybridized carbons (Fsp3) is 0.200. The summed E-state index contributed by atoms with van der Waals surface area (Å²) in [6.07, 6.45) is 10.2. The van der Waals surface area contributed by atoms with Crippen LogP contribution in [0.2, 0.25) is 0 Å². The van der Waals surface area contributed by atoms with Gasteiger partial charge in [-0.1, -0.05) is 54.1 Å². The number of thiazole rings is 1. The van der Waals surface area contributed by atoms with Crippen molar-refractivity contribution in [1.82, 2.24) is 9.88 Å². The number of carbonyl (C=O) groups excluding carboxylic acids is 1. The van der Waals surface area contributed by atoms with Crippen molar-refractivity contribution in [2.75, 3.05) is 5.32 Å². The van der Waals surface area contributed by atoms with E-state index in [0.29, 0.717) is 5.13 Å². The third-order valence-corrected chi connectivity index (χ3v) is 5.23. The van der Waals surface area contributed by atoms with Crippen molar-refractivity contribution in [3.05, 3.63) is 83.0 Å². The first kappa shape index (κ1) is 15.8. The van der Waals surface area contributed by atoms with Gasteiger partial charge in [-0.15, -0.1) is 11.3 Å². The first-order chi connectivity index (χ1) is 12.2. The monoisotopic (exact) mass is 349 g/mol. The van der Waals surface area contributed by atoms with E-state index in [4.69, 9.17) is 0 Å². The molecule has 0 bridgehead atoms. The molecule has 1 aliphatic carbocycles. The molecule has 1 aromatic heterocycles. The van der Waals surface area contributed by atoms with E-state index >= 15 is 0 Å². The molecule has 2 unspecified atom stereocenters. The Balaban J connectivity index is 1.60. The van der Waals surface area contributed by atoms with E-state index in [1.807, 2.05) is 29.8 Å². The summed E-state index contributed by atoms with van der Waals surface area (Å²) >= 11 is 1.43. The van der Waals surface area contributed by atoms with Gasteiger partial charge in [0, 0.05) is 35.8 Å². The maximum Gasteiger partial charge on any atom is 0.255 e. The Morgan fingerprint density at radius 1 is 1.32 bits per heavy atom. The van der Waals surface area contributed by atoms with Crippen LogP contribution in [0.4, 0.5) is 5.13 Å². The highest BCUT2D eigenvalue weighted by Gasteiger charge is 2.37. The standard InChI is InChI=1S/C20H19N3OS/c1-14-7-8-18-16(11-14)17(19(24)22-20-21-9-10-25-20)13-23(18)12-15-5-3-2-4-6-15/h2-11,13,16,18H,12H2,1H3,(H,21,22,24). The van der Waals surface area contributed by atoms with Crippen molar-refractivity contribution in [2.24, 2.45) is 5.92 Å². The third-order valence-electron chi connectivity index (χ3n) is 4.54. The molecule has 2 aliphatic rings. The van der Waals surface area contributed by atoms with Crippen molar-refractivity contribution in [3.63, 3.8) is 0 Å². The lowest BCUT2D eigenvalue weighted by atomic mass is 9.88. The summed E-state index contributed by atoms with van der Waals surface area (Å²) in [5, 5.41) is 5.41. The van der Waals surface area contributed by atoms with Crippen LogP contribution >= 0.6 is 11.3 Å². The molecule has 1 aromatic carbocycles. The van der Waals surface area contributed by atoms with Crippen molar-refractivity contribution in [3.8, 4) is 0 Å². The minimum absolute atomic E-state index is 0.0696. The molecule has 2 aromatic rings. The summed E-state index contributed by atoms with van der Waals surface area (Å²) in [6, 6.07) is 10.5. The van der Waals surface area contributed by atoms with Crippen LogP contribution < -0.4 is 5.32 Å². The predicted molar refractivity (Wildman–Crippen MR) is 101 cm³/mol. The normalized spacial score (nSPS) is 21.6. The summed E-state index contributed by atoms with van der Waals surface area (Å²) < 4.78 is 0. The first-order valence-corrected chi connectivity index (χ1v) is 9.17. The predicted octanol–water partition coefficient (Wildman–Crippen LogP) is 3.98. The van der Waals surface area contributed by atoms with Crippen LogP contribution in [-0.2, 0) is 11.3 Å². The highest BCUT2D eigenvalue weighted by Crippen LogP contribution is 2.36. The number of aromatic nitrogens is 1. The maximum atomic E-state index is 12.8. The Morgan fingerprint density at radius 3 is 2.92 bits per heavy atom. The number of benzene rings is 1. The minimum Gasteiger partial charge on any atom is -0.365 e. The first-order valence-electron chi connectivity index (χ1n) is 8.29. The molecule has 4 rings (SSSR count). The average Bonchev–Trinajstić information content (AvgIpc) is 3.24. The van der Waals surface area contributed by atoms with Crippen molar-refractivity contribution >= 4 is 22.4 Å². The molecule has 2 heterocycles. The number of carbonyl (C=O) groups is 1. The second-order valence-corrected chi connectivity index (χ2v) is 7.21. The van der Waals surface area contributed by atoms with Gasteiger partial charge in [0.05, 0.1) is 6.04 Å². The zero-order valence-corrected chi connectivity index (χ0v) is 14.7. The van der Waals surface area contributed by atoms with E-state index in [9.17, 15) is 4.79 Å². The van der Waals surface area contributed by atoms with Crippen molar-refractivity contribution in [2.45, 2.75) is 19.5 Å². The molecule has 5 heteroatoms. The van der Waals surface area contributed by atoms with Crippen LogP contribution in [0.1, 0.15) is 12.5 Å². The Kier molecular flexibility index (Phi) is 4.24. The van der Waals surface area contributed by atoms with Gasteiger partial charge >= 0.3 is 0 Å². The van der Waals surface area contributed by atoms with Gasteiger partial charge in [0.15, 0.2) is 5.13 Å². The SMILES string of the molecule is CC1=CC2C(C(=O)Nc3nccs3)=CN(Cc3ccccc3)C2C=C1. The lowest BCUT2D eigenvalue weighted by Gasteiger charge is -2.28. The molecule has 0 spiro atoms. The number of anilines is 1. The quantitative estimate of drug-likeness (QED) is 0.908. The van der Waals surface area contributed by atoms with Crippen molar-refractivity contribution < 1.29 is 4.79 Å². The van der Waals surface area contributed by atoms with Crippen LogP contribution in [0.15, 0.2) is 77.5 Å². The topological polar surface area (TPSA) is 45.2 Å². The molecule has 0 saturated heterocycles. The van der Waals surface area contributed by atoms with Crippen LogP contribution in [0.5, 0.6) is 0 Å². The van der Waals surface area contributed by atoms with Gasteiger partial charge in [0.25, 0.3) is 5.91 Å². The van der Waals surface area contributed by atoms with Gasteiger partial charge < -0.3 is 4.90 Å². The van der Waals surface area contributed by atoms with Crippen LogP contribution in [-0.4, -0.2) is 21.8 Å². The van der Waals surface area contributed by atoms with Crippen LogP contribution in [0.25, 0.3) is 0 Å². The minimum atomic E-state index is -0.0696. The van der Waals surface area contributed by atoms with Gasteiger partial charge in [-0.3, -0.25) is 10.1 Å². The summed E-state index contributed by atoms with van der Waals surface area (Å²) in [7, 11) is 0. The lowest BCUT2D eigenvalue weighted by Crippen LogP contribution is -2.32. The maximum absolute atomic E-state index is 12.8. The van der Waals surface area contributed by atoms with Gasteiger partial charge in [-0.25, -0.2) is 4.98 Å². The molecule has 0 fully saturated rings. The fourth-order valence-electron chi connectivity index (χ4n) is 3.36. The third kappa shape index (κ3) is 3.28. The fourth-order valence-corrected chi connectivity index (χ4v) is 3.88. The van der Waals surface area contributed by atoms with E-state index in [-0.39, 0.29) is 17.9 Å². The van der Waals surface area contributed by atoms with E-state index in [0.717, 1.165) is 12.1 Å². The van der Waals surface area contributed by atoms with Crippen LogP contribution in [0, 0.1) is 5.92 Å². The molecule has 0 saturated carbocycles. The van der Waals surface area contributed by atoms with Gasteiger partial charge in [-0.2, -0.15) is 0 Å². The second kappa shape index (κ2) is 6.69. The highest BCUT2D eigenvalue weighted by molar-refractivity contribution is 7.13. The summed E-state index contributed by atoms with van der Waals surface area (Å²) in [4.78, 5) is 19.2. The summed E-state index contributed by atoms with van der Waals surface area (Å²) in [5.41, 5.74) is 3.22. The lowest BCUT2D eigenvalue weighted by molar-refractivity contribution is -0.113. The molecule has 25 heavy (non-hydrogen) atoms. The van der Waals surface area contributed by atoms with E-state index in [1.54, 1.807) is 6.20 Å². The molecule has 126 valence electrons. The Hall–Kier alpha value is -2.66. The molecular weight excluding hydrogens is 330 g/mol. The highest BCUT2D eigenvalue weighted by atomic mass is 32.1. The molecule has 1 N–H and O–H groups in total. The number of hydrogen-bond acceptors (Lipinski definition) is 4. The number of nitrogens with zero attached hydrogens (tertiary/aromatic N) is 2. The zero-order valence-electron chi connectivity index (χ0n) is 13.9. The molecule has 1 aliphatic heterocycles. The summed E-state index contributed by atoms with van der Waals surface area (Å²) in [5.74, 6) is 0.00790. The largest absolute Gasteiger partial charge is 0.365 e. The Bertz CT molecular complexity index is 852. The number of fused-ring (bicyclic) bond motifs is 1. The number of nitrogens with one attached hydrogen (secondary N) is 1. The van der Waals surface area contributed by atoms with E-state index < -0.39 is 0 Å². The number of allylic oxidation sites excluding steroid dienone is 2. The van der Waals surface area contributed by atoms with E-state index in [2.05, 4.69) is 52.5 Å². The average molecular weight is 349 g/mol. The zero-order chi connectivity index (χ0) is 17.2. The molecule has 4 nitrogen and oxygen atoms in total. The smallest absolute Gasteiger partial charge is 0.255 e. The van der Waals surface area contributed by atoms with Crippen LogP contribution in [0.3, 0.4) is 0 Å². The van der Waals surface area contributed by atoms with Gasteiger partial charge in [-0.05, 0) is 12.5 Å². The number of amides is 1. The molecule has 1 amide bonds. The van der Waals surface area contributed by atoms with Gasteiger partial charge in [0.2, 0.25) is 0 Å². The number of hydrogen-bond donors (Lipinski definition) is 1. The molecular formula is C20H19N3OS. The van der Waals surface area contributed by atoms with Gasteiger partial charge in [0.1, 0.15) is 0 Å².